The van der Waals surface area contributed by atoms with Crippen molar-refractivity contribution in [2.24, 2.45) is 0 Å². The Morgan fingerprint density at radius 2 is 1.92 bits per heavy atom. The first-order chi connectivity index (χ1) is 11.5. The molecule has 1 heterocycles. The lowest BCUT2D eigenvalue weighted by Gasteiger charge is -2.14. The number of rotatable bonds is 5. The van der Waals surface area contributed by atoms with Gasteiger partial charge in [-0.15, -0.1) is 11.3 Å². The Kier molecular flexibility index (Phi) is 5.86. The van der Waals surface area contributed by atoms with Crippen LogP contribution in [-0.4, -0.2) is 35.0 Å². The van der Waals surface area contributed by atoms with Crippen molar-refractivity contribution < 1.29 is 19.5 Å². The number of imide groups is 1. The molecule has 0 saturated carbocycles. The molecule has 0 aliphatic carbocycles. The maximum Gasteiger partial charge on any atom is 0.328 e. The van der Waals surface area contributed by atoms with Crippen molar-refractivity contribution in [3.8, 4) is 0 Å². The van der Waals surface area contributed by atoms with E-state index in [0.29, 0.717) is 10.6 Å². The van der Waals surface area contributed by atoms with E-state index in [0.717, 1.165) is 10.5 Å². The molecule has 124 valence electrons. The third kappa shape index (κ3) is 4.79. The number of carbonyl (C=O) groups excluding carboxylic acids is 2. The van der Waals surface area contributed by atoms with Crippen LogP contribution in [0.25, 0.3) is 6.08 Å². The second kappa shape index (κ2) is 8.07. The first-order valence-electron chi connectivity index (χ1n) is 7.07. The molecule has 0 aliphatic heterocycles. The van der Waals surface area contributed by atoms with Crippen molar-refractivity contribution in [1.29, 1.82) is 0 Å². The Morgan fingerprint density at radius 1 is 1.21 bits per heavy atom. The summed E-state index contributed by atoms with van der Waals surface area (Å²) < 4.78 is 0. The number of carbonyl (C=O) groups is 3. The predicted octanol–water partition coefficient (Wildman–Crippen LogP) is 3.08. The summed E-state index contributed by atoms with van der Waals surface area (Å²) >= 11 is 1.23. The molecule has 2 rings (SSSR count). The Balaban J connectivity index is 1.99. The van der Waals surface area contributed by atoms with E-state index in [-0.39, 0.29) is 6.42 Å². The Morgan fingerprint density at radius 3 is 2.58 bits per heavy atom. The second-order valence-corrected chi connectivity index (χ2v) is 5.90. The van der Waals surface area contributed by atoms with Crippen molar-refractivity contribution in [3.63, 3.8) is 0 Å². The molecule has 1 aromatic carbocycles. The maximum atomic E-state index is 12.1. The summed E-state index contributed by atoms with van der Waals surface area (Å²) in [6.07, 6.45) is 2.74. The van der Waals surface area contributed by atoms with Crippen LogP contribution in [0.4, 0.5) is 10.5 Å². The highest BCUT2D eigenvalue weighted by molar-refractivity contribution is 7.10. The number of carboxylic acid groups (broad SMARTS) is 1. The molecule has 24 heavy (non-hydrogen) atoms. The number of hydrogen-bond acceptors (Lipinski definition) is 4. The van der Waals surface area contributed by atoms with Gasteiger partial charge in [-0.05, 0) is 23.1 Å². The minimum Gasteiger partial charge on any atom is -0.481 e. The van der Waals surface area contributed by atoms with Crippen LogP contribution in [0, 0.1) is 0 Å². The molecule has 7 heteroatoms. The summed E-state index contributed by atoms with van der Waals surface area (Å²) in [7, 11) is 1.36. The molecule has 0 radical (unpaired) electrons. The Hall–Kier alpha value is -2.93. The topological polar surface area (TPSA) is 86.7 Å². The highest BCUT2D eigenvalue weighted by atomic mass is 32.1. The quantitative estimate of drug-likeness (QED) is 0.816. The van der Waals surface area contributed by atoms with Crippen molar-refractivity contribution >= 4 is 41.0 Å². The number of amides is 3. The predicted molar refractivity (Wildman–Crippen MR) is 92.9 cm³/mol. The van der Waals surface area contributed by atoms with Crippen molar-refractivity contribution in [2.75, 3.05) is 12.4 Å². The molecule has 0 spiro atoms. The lowest BCUT2D eigenvalue weighted by Crippen LogP contribution is -2.35. The zero-order valence-corrected chi connectivity index (χ0v) is 13.7. The van der Waals surface area contributed by atoms with Crippen LogP contribution in [0.2, 0.25) is 0 Å². The molecule has 0 bridgehead atoms. The van der Waals surface area contributed by atoms with Crippen LogP contribution in [0.3, 0.4) is 0 Å². The molecule has 3 amide bonds. The van der Waals surface area contributed by atoms with E-state index < -0.39 is 17.9 Å². The van der Waals surface area contributed by atoms with Crippen LogP contribution in [-0.2, 0) is 16.0 Å². The smallest absolute Gasteiger partial charge is 0.328 e. The average Bonchev–Trinajstić information content (AvgIpc) is 2.98. The third-order valence-electron chi connectivity index (χ3n) is 3.15. The van der Waals surface area contributed by atoms with Gasteiger partial charge in [0.15, 0.2) is 0 Å². The zero-order chi connectivity index (χ0) is 17.5. The third-order valence-corrected chi connectivity index (χ3v) is 4.07. The van der Waals surface area contributed by atoms with Gasteiger partial charge in [0.25, 0.3) is 5.91 Å². The number of carboxylic acids is 1. The minimum absolute atomic E-state index is 0.182. The molecule has 0 fully saturated rings. The first kappa shape index (κ1) is 17.4. The number of urea groups is 1. The van der Waals surface area contributed by atoms with Gasteiger partial charge < -0.3 is 10.4 Å². The number of anilines is 1. The Labute approximate surface area is 143 Å². The summed E-state index contributed by atoms with van der Waals surface area (Å²) in [5.74, 6) is -1.46. The van der Waals surface area contributed by atoms with Gasteiger partial charge in [-0.3, -0.25) is 14.5 Å². The Bertz CT molecular complexity index is 768. The molecule has 0 unspecified atom stereocenters. The number of aliphatic carboxylic acids is 1. The van der Waals surface area contributed by atoms with Crippen LogP contribution in [0.15, 0.2) is 47.9 Å². The van der Waals surface area contributed by atoms with Gasteiger partial charge in [-0.2, -0.15) is 0 Å². The summed E-state index contributed by atoms with van der Waals surface area (Å²) in [6, 6.07) is 10.2. The van der Waals surface area contributed by atoms with Gasteiger partial charge in [0.2, 0.25) is 0 Å². The summed E-state index contributed by atoms with van der Waals surface area (Å²) in [5, 5.41) is 13.1. The highest BCUT2D eigenvalue weighted by Gasteiger charge is 2.17. The fourth-order valence-electron chi connectivity index (χ4n) is 1.87. The molecule has 6 nitrogen and oxygen atoms in total. The summed E-state index contributed by atoms with van der Waals surface area (Å²) in [6.45, 7) is 0. The number of nitrogens with zero attached hydrogens (tertiary/aromatic N) is 1. The van der Waals surface area contributed by atoms with Gasteiger partial charge in [-0.1, -0.05) is 30.3 Å². The van der Waals surface area contributed by atoms with Gasteiger partial charge in [0.05, 0.1) is 12.1 Å². The lowest BCUT2D eigenvalue weighted by atomic mass is 10.2. The second-order valence-electron chi connectivity index (χ2n) is 4.90. The van der Waals surface area contributed by atoms with Crippen molar-refractivity contribution in [3.05, 3.63) is 58.3 Å². The van der Waals surface area contributed by atoms with Crippen LogP contribution in [0.5, 0.6) is 0 Å². The highest BCUT2D eigenvalue weighted by Crippen LogP contribution is 2.23. The number of benzene rings is 1. The van der Waals surface area contributed by atoms with E-state index in [4.69, 9.17) is 5.11 Å². The van der Waals surface area contributed by atoms with E-state index in [2.05, 4.69) is 5.32 Å². The van der Waals surface area contributed by atoms with E-state index in [1.54, 1.807) is 17.5 Å². The number of nitrogens with one attached hydrogen (secondary N) is 1. The monoisotopic (exact) mass is 344 g/mol. The normalized spacial score (nSPS) is 10.5. The standard InChI is InChI=1S/C17H16N2O4S/c1-19(15(20)8-7-12-5-3-2-4-6-12)17(23)18-13-9-10-24-14(13)11-16(21)22/h2-10H,11H2,1H3,(H,18,23)(H,21,22)/b8-7+. The average molecular weight is 344 g/mol. The fourth-order valence-corrected chi connectivity index (χ4v) is 2.69. The first-order valence-corrected chi connectivity index (χ1v) is 7.95. The molecule has 0 saturated heterocycles. The zero-order valence-electron chi connectivity index (χ0n) is 12.9. The molecular weight excluding hydrogens is 328 g/mol. The van der Waals surface area contributed by atoms with Crippen molar-refractivity contribution in [2.45, 2.75) is 6.42 Å². The van der Waals surface area contributed by atoms with Crippen LogP contribution in [0.1, 0.15) is 10.4 Å². The number of likely N-dealkylation sites (N-methyl/N-ethyl adjacent to an activating group) is 1. The number of thiophene rings is 1. The van der Waals surface area contributed by atoms with E-state index >= 15 is 0 Å². The lowest BCUT2D eigenvalue weighted by molar-refractivity contribution is -0.136. The van der Waals surface area contributed by atoms with Crippen LogP contribution < -0.4 is 5.32 Å². The van der Waals surface area contributed by atoms with E-state index in [9.17, 15) is 14.4 Å². The van der Waals surface area contributed by atoms with Gasteiger partial charge in [0.1, 0.15) is 0 Å². The summed E-state index contributed by atoms with van der Waals surface area (Å²) in [5.41, 5.74) is 1.25. The van der Waals surface area contributed by atoms with Gasteiger partial charge >= 0.3 is 12.0 Å². The van der Waals surface area contributed by atoms with Crippen LogP contribution >= 0.6 is 11.3 Å². The fraction of sp³-hybridized carbons (Fsp3) is 0.118. The van der Waals surface area contributed by atoms with E-state index in [1.165, 1.54) is 24.5 Å². The van der Waals surface area contributed by atoms with Crippen molar-refractivity contribution in [1.82, 2.24) is 4.90 Å². The molecule has 2 N–H and O–H groups in total. The van der Waals surface area contributed by atoms with E-state index in [1.807, 2.05) is 30.3 Å². The molecule has 2 aromatic rings. The summed E-state index contributed by atoms with van der Waals surface area (Å²) in [4.78, 5) is 36.4. The molecule has 1 aromatic heterocycles. The molecule has 0 aliphatic rings. The van der Waals surface area contributed by atoms with Gasteiger partial charge in [0, 0.05) is 18.0 Å². The van der Waals surface area contributed by atoms with Gasteiger partial charge in [-0.25, -0.2) is 4.79 Å². The minimum atomic E-state index is -0.983. The maximum absolute atomic E-state index is 12.1. The largest absolute Gasteiger partial charge is 0.481 e. The molecule has 0 atom stereocenters. The SMILES string of the molecule is CN(C(=O)/C=C/c1ccccc1)C(=O)Nc1ccsc1CC(=O)O. The number of hydrogen-bond donors (Lipinski definition) is 2. The molecular formula is C17H16N2O4S.